The van der Waals surface area contributed by atoms with Gasteiger partial charge in [-0.1, -0.05) is 6.07 Å². The minimum atomic E-state index is -0.271. The van der Waals surface area contributed by atoms with Crippen molar-refractivity contribution in [3.8, 4) is 5.75 Å². The van der Waals surface area contributed by atoms with Crippen LogP contribution in [0.5, 0.6) is 5.75 Å². The highest BCUT2D eigenvalue weighted by Crippen LogP contribution is 2.31. The molecule has 3 atom stereocenters. The van der Waals surface area contributed by atoms with Crippen LogP contribution in [0, 0.1) is 5.92 Å². The second-order valence-electron chi connectivity index (χ2n) is 5.27. The van der Waals surface area contributed by atoms with Gasteiger partial charge in [-0.15, -0.1) is 0 Å². The highest BCUT2D eigenvalue weighted by Gasteiger charge is 2.26. The molecule has 1 aromatic rings. The fraction of sp³-hybridized carbons (Fsp3) is 0.571. The van der Waals surface area contributed by atoms with E-state index < -0.39 is 0 Å². The molecule has 1 heterocycles. The van der Waals surface area contributed by atoms with E-state index in [1.54, 1.807) is 6.07 Å². The molecule has 0 radical (unpaired) electrons. The number of hydrogen-bond donors (Lipinski definition) is 3. The number of aliphatic hydroxyl groups excluding tert-OH is 1. The van der Waals surface area contributed by atoms with Crippen LogP contribution < -0.4 is 10.6 Å². The number of nitrogens with zero attached hydrogens (tertiary/aromatic N) is 1. The van der Waals surface area contributed by atoms with Gasteiger partial charge in [-0.05, 0) is 26.3 Å². The van der Waals surface area contributed by atoms with Crippen molar-refractivity contribution in [2.24, 2.45) is 11.7 Å². The van der Waals surface area contributed by atoms with Crippen molar-refractivity contribution in [3.05, 3.63) is 23.8 Å². The van der Waals surface area contributed by atoms with Gasteiger partial charge in [-0.25, -0.2) is 0 Å². The first kappa shape index (κ1) is 13.2. The smallest absolute Gasteiger partial charge is 0.122 e. The lowest BCUT2D eigenvalue weighted by molar-refractivity contribution is 0.136. The molecular formula is C14H22N2O2. The number of nitrogens with two attached hydrogens (primary N) is 1. The van der Waals surface area contributed by atoms with Crippen molar-refractivity contribution >= 4 is 5.69 Å². The van der Waals surface area contributed by atoms with E-state index >= 15 is 0 Å². The minimum absolute atomic E-state index is 0.164. The highest BCUT2D eigenvalue weighted by molar-refractivity contribution is 5.54. The second kappa shape index (κ2) is 5.16. The van der Waals surface area contributed by atoms with Crippen molar-refractivity contribution in [2.45, 2.75) is 32.4 Å². The maximum absolute atomic E-state index is 9.94. The lowest BCUT2D eigenvalue weighted by Crippen LogP contribution is -2.23. The van der Waals surface area contributed by atoms with Crippen LogP contribution in [0.15, 0.2) is 18.2 Å². The van der Waals surface area contributed by atoms with Crippen molar-refractivity contribution in [1.82, 2.24) is 0 Å². The molecule has 3 unspecified atom stereocenters. The van der Waals surface area contributed by atoms with E-state index in [4.69, 9.17) is 5.73 Å². The van der Waals surface area contributed by atoms with Crippen molar-refractivity contribution in [1.29, 1.82) is 0 Å². The monoisotopic (exact) mass is 250 g/mol. The van der Waals surface area contributed by atoms with Crippen LogP contribution in [-0.4, -0.2) is 29.4 Å². The molecule has 1 fully saturated rings. The molecule has 0 aliphatic carbocycles. The summed E-state index contributed by atoms with van der Waals surface area (Å²) in [6, 6.07) is 5.47. The Bertz CT molecular complexity index is 418. The Hall–Kier alpha value is -1.26. The number of aliphatic hydroxyl groups is 1. The topological polar surface area (TPSA) is 69.7 Å². The van der Waals surface area contributed by atoms with Gasteiger partial charge in [0, 0.05) is 42.4 Å². The predicted molar refractivity (Wildman–Crippen MR) is 72.7 cm³/mol. The third-order valence-corrected chi connectivity index (χ3v) is 3.78. The summed E-state index contributed by atoms with van der Waals surface area (Å²) in [7, 11) is 0. The van der Waals surface area contributed by atoms with E-state index in [9.17, 15) is 10.2 Å². The summed E-state index contributed by atoms with van der Waals surface area (Å²) in [5.74, 6) is 0.572. The fourth-order valence-electron chi connectivity index (χ4n) is 2.53. The van der Waals surface area contributed by atoms with Crippen molar-refractivity contribution in [3.63, 3.8) is 0 Å². The molecule has 0 amide bonds. The van der Waals surface area contributed by atoms with Gasteiger partial charge < -0.3 is 20.8 Å². The number of phenols is 1. The number of phenolic OH excluding ortho intramolecular Hbond substituents is 1. The largest absolute Gasteiger partial charge is 0.508 e. The zero-order chi connectivity index (χ0) is 13.3. The van der Waals surface area contributed by atoms with Gasteiger partial charge in [-0.2, -0.15) is 0 Å². The number of hydrogen-bond acceptors (Lipinski definition) is 4. The van der Waals surface area contributed by atoms with E-state index in [1.165, 1.54) is 0 Å². The van der Waals surface area contributed by atoms with Gasteiger partial charge >= 0.3 is 0 Å². The molecule has 1 saturated heterocycles. The first-order valence-electron chi connectivity index (χ1n) is 6.50. The number of aromatic hydroxyl groups is 1. The summed E-state index contributed by atoms with van der Waals surface area (Å²) in [5.41, 5.74) is 7.54. The van der Waals surface area contributed by atoms with E-state index in [0.29, 0.717) is 5.92 Å². The van der Waals surface area contributed by atoms with E-state index in [1.807, 2.05) is 26.0 Å². The Morgan fingerprint density at radius 3 is 2.61 bits per heavy atom. The Balaban J connectivity index is 2.13. The van der Waals surface area contributed by atoms with Gasteiger partial charge in [0.25, 0.3) is 0 Å². The lowest BCUT2D eigenvalue weighted by atomic mass is 10.0. The van der Waals surface area contributed by atoms with Gasteiger partial charge in [0.15, 0.2) is 0 Å². The normalized spacial score (nSPS) is 23.1. The molecule has 0 spiro atoms. The predicted octanol–water partition coefficient (Wildman–Crippen LogP) is 1.62. The molecule has 4 nitrogen and oxygen atoms in total. The van der Waals surface area contributed by atoms with Gasteiger partial charge in [0.1, 0.15) is 5.75 Å². The molecule has 0 saturated carbocycles. The molecule has 0 bridgehead atoms. The number of rotatable bonds is 3. The van der Waals surface area contributed by atoms with Crippen LogP contribution >= 0.6 is 0 Å². The SMILES string of the molecule is CC(N)c1ccc(N2CCC(C(C)O)C2)cc1O. The summed E-state index contributed by atoms with van der Waals surface area (Å²) in [4.78, 5) is 2.20. The molecule has 4 N–H and O–H groups in total. The van der Waals surface area contributed by atoms with Crippen LogP contribution in [0.2, 0.25) is 0 Å². The summed E-state index contributed by atoms with van der Waals surface area (Å²) < 4.78 is 0. The average molecular weight is 250 g/mol. The van der Waals surface area contributed by atoms with Crippen LogP contribution in [-0.2, 0) is 0 Å². The molecule has 0 aromatic heterocycles. The molecule has 1 aliphatic heterocycles. The molecule has 1 aliphatic rings. The zero-order valence-electron chi connectivity index (χ0n) is 11.0. The average Bonchev–Trinajstić information content (AvgIpc) is 2.77. The van der Waals surface area contributed by atoms with E-state index in [2.05, 4.69) is 4.90 Å². The molecule has 18 heavy (non-hydrogen) atoms. The van der Waals surface area contributed by atoms with Crippen LogP contribution in [0.3, 0.4) is 0 Å². The zero-order valence-corrected chi connectivity index (χ0v) is 11.0. The minimum Gasteiger partial charge on any atom is -0.508 e. The van der Waals surface area contributed by atoms with E-state index in [0.717, 1.165) is 30.8 Å². The van der Waals surface area contributed by atoms with Gasteiger partial charge in [0.05, 0.1) is 6.10 Å². The molecule has 4 heteroatoms. The summed E-state index contributed by atoms with van der Waals surface area (Å²) in [5, 5.41) is 19.5. The van der Waals surface area contributed by atoms with Gasteiger partial charge in [-0.3, -0.25) is 0 Å². The second-order valence-corrected chi connectivity index (χ2v) is 5.27. The van der Waals surface area contributed by atoms with Crippen LogP contribution in [0.1, 0.15) is 31.9 Å². The van der Waals surface area contributed by atoms with Crippen LogP contribution in [0.4, 0.5) is 5.69 Å². The van der Waals surface area contributed by atoms with Crippen molar-refractivity contribution in [2.75, 3.05) is 18.0 Å². The van der Waals surface area contributed by atoms with Gasteiger partial charge in [0.2, 0.25) is 0 Å². The standard InChI is InChI=1S/C14H22N2O2/c1-9(15)13-4-3-12(7-14(13)18)16-6-5-11(8-16)10(2)17/h3-4,7,9-11,17-18H,5-6,8,15H2,1-2H3. The highest BCUT2D eigenvalue weighted by atomic mass is 16.3. The summed E-state index contributed by atoms with van der Waals surface area (Å²) >= 11 is 0. The lowest BCUT2D eigenvalue weighted by Gasteiger charge is -2.21. The summed E-state index contributed by atoms with van der Waals surface area (Å²) in [6.07, 6.45) is 0.722. The fourth-order valence-corrected chi connectivity index (χ4v) is 2.53. The number of anilines is 1. The Morgan fingerprint density at radius 1 is 1.39 bits per heavy atom. The molecule has 100 valence electrons. The maximum Gasteiger partial charge on any atom is 0.122 e. The first-order valence-corrected chi connectivity index (χ1v) is 6.50. The third-order valence-electron chi connectivity index (χ3n) is 3.78. The first-order chi connectivity index (χ1) is 8.49. The summed E-state index contributed by atoms with van der Waals surface area (Å²) in [6.45, 7) is 5.46. The molecular weight excluding hydrogens is 228 g/mol. The molecule has 1 aromatic carbocycles. The Morgan fingerprint density at radius 2 is 2.11 bits per heavy atom. The number of benzene rings is 1. The third kappa shape index (κ3) is 2.60. The van der Waals surface area contributed by atoms with Crippen molar-refractivity contribution < 1.29 is 10.2 Å². The van der Waals surface area contributed by atoms with E-state index in [-0.39, 0.29) is 17.9 Å². The maximum atomic E-state index is 9.94. The Kier molecular flexibility index (Phi) is 3.78. The van der Waals surface area contributed by atoms with Crippen LogP contribution in [0.25, 0.3) is 0 Å². The quantitative estimate of drug-likeness (QED) is 0.762. The molecule has 2 rings (SSSR count). The Labute approximate surface area is 108 Å².